The average Bonchev–Trinajstić information content (AvgIpc) is 3.44. The zero-order valence-corrected chi connectivity index (χ0v) is 34.2. The van der Waals surface area contributed by atoms with Gasteiger partial charge in [0.05, 0.1) is 24.9 Å². The van der Waals surface area contributed by atoms with Gasteiger partial charge in [-0.1, -0.05) is 66.1 Å². The van der Waals surface area contributed by atoms with Gasteiger partial charge in [-0.15, -0.1) is 0 Å². The molecule has 13 atom stereocenters. The Kier molecular flexibility index (Phi) is 15.2. The molecule has 4 rings (SSSR count). The summed E-state index contributed by atoms with van der Waals surface area (Å²) in [5.74, 6) is 0.981. The van der Waals surface area contributed by atoms with E-state index in [0.29, 0.717) is 23.5 Å². The molecule has 0 heterocycles. The van der Waals surface area contributed by atoms with Crippen LogP contribution in [0.15, 0.2) is 0 Å². The number of rotatable bonds is 17. The van der Waals surface area contributed by atoms with E-state index in [0.717, 1.165) is 64.2 Å². The molecule has 1 unspecified atom stereocenters. The summed E-state index contributed by atoms with van der Waals surface area (Å²) in [5.41, 5.74) is -1.46. The van der Waals surface area contributed by atoms with Gasteiger partial charge in [-0.05, 0) is 97.7 Å². The van der Waals surface area contributed by atoms with Crippen molar-refractivity contribution in [1.29, 1.82) is 0 Å². The molecule has 4 fully saturated rings. The molecular weight excluding hydrogens is 723 g/mol. The van der Waals surface area contributed by atoms with Crippen LogP contribution in [0.4, 0.5) is 0 Å². The molecule has 0 aromatic carbocycles. The van der Waals surface area contributed by atoms with Crippen LogP contribution in [-0.4, -0.2) is 97.0 Å². The van der Waals surface area contributed by atoms with Gasteiger partial charge in [0.1, 0.15) is 6.10 Å². The summed E-state index contributed by atoms with van der Waals surface area (Å²) in [5, 5.41) is 49.3. The van der Waals surface area contributed by atoms with Crippen molar-refractivity contribution >= 4 is 36.5 Å². The molecular formula is C38H67N2O11PS. The third kappa shape index (κ3) is 10.5. The minimum absolute atomic E-state index is 0.0461. The molecule has 0 saturated heterocycles. The van der Waals surface area contributed by atoms with Gasteiger partial charge >= 0.3 is 7.82 Å². The van der Waals surface area contributed by atoms with Crippen molar-refractivity contribution in [1.82, 2.24) is 10.6 Å². The number of nitrogens with one attached hydrogen (secondary N) is 2. The van der Waals surface area contributed by atoms with Crippen LogP contribution in [0.3, 0.4) is 0 Å². The predicted octanol–water partition coefficient (Wildman–Crippen LogP) is 3.77. The van der Waals surface area contributed by atoms with E-state index < -0.39 is 38.0 Å². The van der Waals surface area contributed by atoms with E-state index in [1.807, 2.05) is 6.92 Å². The Hall–Kier alpha value is -1.09. The highest BCUT2D eigenvalue weighted by Crippen LogP contribution is 2.68. The zero-order valence-electron chi connectivity index (χ0n) is 32.5. The Balaban J connectivity index is 1.14. The SMILES string of the molecule is CC(CCC[C@@H](C)[C@H]1CC[C@H]2[C@@H]3[C@H](O)C[C@@H]4C[C@H](O)CC[C@]4(C)[C@H]3C[C@H](O)[C@]12C)C(=O)SCCNC(=O)CCNC(=O)[C@H](O)C(C)(C)COP(=O)(O)O. The van der Waals surface area contributed by atoms with Crippen LogP contribution in [0.2, 0.25) is 0 Å². The fraction of sp³-hybridized carbons (Fsp3) is 0.921. The van der Waals surface area contributed by atoms with E-state index in [9.17, 15) is 39.4 Å². The van der Waals surface area contributed by atoms with Gasteiger partial charge in [-0.2, -0.15) is 0 Å². The molecule has 4 aliphatic carbocycles. The van der Waals surface area contributed by atoms with Crippen molar-refractivity contribution in [3.05, 3.63) is 0 Å². The summed E-state index contributed by atoms with van der Waals surface area (Å²) in [4.78, 5) is 55.1. The van der Waals surface area contributed by atoms with Crippen molar-refractivity contribution in [2.24, 2.45) is 57.7 Å². The monoisotopic (exact) mass is 790 g/mol. The van der Waals surface area contributed by atoms with E-state index in [4.69, 9.17) is 9.79 Å². The second-order valence-corrected chi connectivity index (χ2v) is 20.4. The first kappa shape index (κ1) is 44.6. The number of hydrogen-bond donors (Lipinski definition) is 8. The summed E-state index contributed by atoms with van der Waals surface area (Å²) < 4.78 is 15.4. The number of aliphatic hydroxyl groups excluding tert-OH is 4. The Labute approximate surface area is 319 Å². The number of fused-ring (bicyclic) bond motifs is 5. The van der Waals surface area contributed by atoms with Crippen molar-refractivity contribution < 1.29 is 53.7 Å². The van der Waals surface area contributed by atoms with Crippen molar-refractivity contribution in [3.8, 4) is 0 Å². The van der Waals surface area contributed by atoms with Crippen LogP contribution < -0.4 is 10.6 Å². The quantitative estimate of drug-likeness (QED) is 0.0780. The minimum Gasteiger partial charge on any atom is -0.393 e. The number of hydrogen-bond acceptors (Lipinski definition) is 10. The molecule has 15 heteroatoms. The third-order valence-corrected chi connectivity index (χ3v) is 15.7. The van der Waals surface area contributed by atoms with Gasteiger partial charge in [-0.25, -0.2) is 4.57 Å². The minimum atomic E-state index is -4.76. The molecule has 0 bridgehead atoms. The molecule has 13 nitrogen and oxygen atoms in total. The van der Waals surface area contributed by atoms with Crippen molar-refractivity contribution in [2.45, 2.75) is 137 Å². The normalized spacial score (nSPS) is 36.0. The highest BCUT2D eigenvalue weighted by Gasteiger charge is 2.65. The van der Waals surface area contributed by atoms with Crippen LogP contribution in [0, 0.1) is 57.7 Å². The Morgan fingerprint density at radius 1 is 0.962 bits per heavy atom. The maximum atomic E-state index is 12.9. The Morgan fingerprint density at radius 2 is 1.66 bits per heavy atom. The van der Waals surface area contributed by atoms with E-state index in [-0.39, 0.29) is 77.2 Å². The highest BCUT2D eigenvalue weighted by molar-refractivity contribution is 8.13. The maximum absolute atomic E-state index is 12.9. The lowest BCUT2D eigenvalue weighted by atomic mass is 9.43. The topological polar surface area (TPSA) is 223 Å². The molecule has 0 radical (unpaired) electrons. The number of phosphoric acid groups is 1. The molecule has 306 valence electrons. The molecule has 4 saturated carbocycles. The summed E-state index contributed by atoms with van der Waals surface area (Å²) in [6.45, 7) is 11.4. The van der Waals surface area contributed by atoms with Crippen molar-refractivity contribution in [2.75, 3.05) is 25.4 Å². The molecule has 2 amide bonds. The van der Waals surface area contributed by atoms with Crippen LogP contribution >= 0.6 is 19.6 Å². The van der Waals surface area contributed by atoms with Gasteiger partial charge in [0.25, 0.3) is 0 Å². The van der Waals surface area contributed by atoms with Gasteiger partial charge in [0, 0.05) is 36.6 Å². The molecule has 0 aliphatic heterocycles. The van der Waals surface area contributed by atoms with Crippen LogP contribution in [0.25, 0.3) is 0 Å². The number of phosphoric ester groups is 1. The lowest BCUT2D eigenvalue weighted by molar-refractivity contribution is -0.207. The fourth-order valence-corrected chi connectivity index (χ4v) is 12.2. The highest BCUT2D eigenvalue weighted by atomic mass is 32.2. The Bertz CT molecular complexity index is 1330. The predicted molar refractivity (Wildman–Crippen MR) is 202 cm³/mol. The van der Waals surface area contributed by atoms with Gasteiger partial charge < -0.3 is 40.8 Å². The second kappa shape index (κ2) is 18.0. The average molecular weight is 791 g/mol. The third-order valence-electron chi connectivity index (χ3n) is 14.1. The molecule has 8 N–H and O–H groups in total. The van der Waals surface area contributed by atoms with E-state index in [1.165, 1.54) is 25.6 Å². The zero-order chi connectivity index (χ0) is 39.5. The van der Waals surface area contributed by atoms with Gasteiger partial charge in [0.15, 0.2) is 5.12 Å². The number of carbonyl (C=O) groups is 3. The van der Waals surface area contributed by atoms with E-state index in [1.54, 1.807) is 0 Å². The number of aliphatic hydroxyl groups is 4. The summed E-state index contributed by atoms with van der Waals surface area (Å²) in [7, 11) is -4.76. The van der Waals surface area contributed by atoms with Crippen molar-refractivity contribution in [3.63, 3.8) is 0 Å². The number of thioether (sulfide) groups is 1. The standard InChI is InChI=1S/C38H67N2O11PS/c1-22(26-10-11-27-32-28(20-30(43)38(26,27)6)37(5)14-12-25(41)18-24(37)19-29(32)42)8-7-9-23(2)35(47)53-17-16-39-31(44)13-15-40-34(46)33(45)36(3,4)21-51-52(48,49)50/h22-30,32-33,41-43,45H,7-21H2,1-6H3,(H,39,44)(H,40,46)(H2,48,49,50)/t22-,23?,24+,25-,26-,27+,28+,29-,30+,32+,33+,37+,38-/m1/s1. The van der Waals surface area contributed by atoms with Gasteiger partial charge in [0.2, 0.25) is 11.8 Å². The number of carbonyl (C=O) groups excluding carboxylic acids is 3. The number of amides is 2. The van der Waals surface area contributed by atoms with Crippen LogP contribution in [0.1, 0.15) is 112 Å². The van der Waals surface area contributed by atoms with Crippen LogP contribution in [0.5, 0.6) is 0 Å². The van der Waals surface area contributed by atoms with E-state index >= 15 is 0 Å². The summed E-state index contributed by atoms with van der Waals surface area (Å²) in [6.07, 6.45) is 6.00. The molecule has 4 aliphatic rings. The molecule has 0 aromatic heterocycles. The lowest BCUT2D eigenvalue weighted by Crippen LogP contribution is -2.62. The molecule has 0 spiro atoms. The van der Waals surface area contributed by atoms with Gasteiger partial charge in [-0.3, -0.25) is 18.9 Å². The fourth-order valence-electron chi connectivity index (χ4n) is 10.8. The first-order chi connectivity index (χ1) is 24.6. The lowest BCUT2D eigenvalue weighted by Gasteiger charge is -2.63. The largest absolute Gasteiger partial charge is 0.469 e. The summed E-state index contributed by atoms with van der Waals surface area (Å²) >= 11 is 1.19. The first-order valence-electron chi connectivity index (χ1n) is 19.7. The maximum Gasteiger partial charge on any atom is 0.469 e. The smallest absolute Gasteiger partial charge is 0.393 e. The first-order valence-corrected chi connectivity index (χ1v) is 22.3. The molecule has 53 heavy (non-hydrogen) atoms. The Morgan fingerprint density at radius 3 is 2.34 bits per heavy atom. The summed E-state index contributed by atoms with van der Waals surface area (Å²) in [6, 6.07) is 0. The van der Waals surface area contributed by atoms with Crippen LogP contribution in [-0.2, 0) is 23.5 Å². The molecule has 0 aromatic rings. The second-order valence-electron chi connectivity index (χ2n) is 18.0. The van der Waals surface area contributed by atoms with E-state index in [2.05, 4.69) is 35.9 Å².